The first-order valence-electron chi connectivity index (χ1n) is 7.29. The zero-order chi connectivity index (χ0) is 15.4. The summed E-state index contributed by atoms with van der Waals surface area (Å²) in [5, 5.41) is 11.8. The van der Waals surface area contributed by atoms with Gasteiger partial charge in [-0.05, 0) is 60.6 Å². The molecule has 0 radical (unpaired) electrons. The van der Waals surface area contributed by atoms with E-state index in [1.54, 1.807) is 0 Å². The van der Waals surface area contributed by atoms with Gasteiger partial charge >= 0.3 is 0 Å². The van der Waals surface area contributed by atoms with Crippen LogP contribution in [0.1, 0.15) is 25.3 Å². The largest absolute Gasteiger partial charge is 0.409 e. The number of likely N-dealkylation sites (N-methyl/N-ethyl adjacent to an activating group) is 1. The highest BCUT2D eigenvalue weighted by Gasteiger charge is 2.23. The van der Waals surface area contributed by atoms with Gasteiger partial charge in [0.15, 0.2) is 5.84 Å². The van der Waals surface area contributed by atoms with E-state index in [1.165, 1.54) is 5.69 Å². The summed E-state index contributed by atoms with van der Waals surface area (Å²) >= 11 is 3.63. The highest BCUT2D eigenvalue weighted by atomic mass is 79.9. The molecule has 6 heteroatoms. The van der Waals surface area contributed by atoms with Gasteiger partial charge in [-0.15, -0.1) is 0 Å². The van der Waals surface area contributed by atoms with Crippen molar-refractivity contribution in [3.8, 4) is 0 Å². The average molecular weight is 355 g/mol. The molecule has 2 rings (SSSR count). The van der Waals surface area contributed by atoms with E-state index in [-0.39, 0.29) is 5.84 Å². The predicted octanol–water partition coefficient (Wildman–Crippen LogP) is 2.46. The molecule has 21 heavy (non-hydrogen) atoms. The zero-order valence-electron chi connectivity index (χ0n) is 12.6. The summed E-state index contributed by atoms with van der Waals surface area (Å²) in [7, 11) is 2.18. The third-order valence-electron chi connectivity index (χ3n) is 4.03. The summed E-state index contributed by atoms with van der Waals surface area (Å²) in [6.45, 7) is 5.48. The van der Waals surface area contributed by atoms with Crippen molar-refractivity contribution in [1.82, 2.24) is 4.90 Å². The number of amidine groups is 1. The van der Waals surface area contributed by atoms with Crippen molar-refractivity contribution in [2.75, 3.05) is 31.6 Å². The van der Waals surface area contributed by atoms with Gasteiger partial charge in [0, 0.05) is 29.2 Å². The topological polar surface area (TPSA) is 65.1 Å². The molecule has 1 aromatic rings. The first kappa shape index (κ1) is 16.1. The molecule has 0 spiro atoms. The van der Waals surface area contributed by atoms with Crippen molar-refractivity contribution in [2.24, 2.45) is 10.9 Å². The first-order chi connectivity index (χ1) is 10.1. The average Bonchev–Trinajstić information content (AvgIpc) is 2.67. The molecular weight excluding hydrogens is 332 g/mol. The van der Waals surface area contributed by atoms with Crippen LogP contribution in [0, 0.1) is 0 Å². The van der Waals surface area contributed by atoms with E-state index in [9.17, 15) is 0 Å². The molecule has 1 aromatic carbocycles. The van der Waals surface area contributed by atoms with Crippen molar-refractivity contribution >= 4 is 27.5 Å². The number of rotatable bonds is 3. The Kier molecular flexibility index (Phi) is 5.47. The second-order valence-electron chi connectivity index (χ2n) is 5.52. The smallest absolute Gasteiger partial charge is 0.170 e. The number of hydrogen-bond acceptors (Lipinski definition) is 4. The fraction of sp³-hybridized carbons (Fsp3) is 0.533. The molecule has 0 aromatic heterocycles. The van der Waals surface area contributed by atoms with Gasteiger partial charge in [-0.2, -0.15) is 0 Å². The van der Waals surface area contributed by atoms with E-state index in [2.05, 4.69) is 44.9 Å². The maximum Gasteiger partial charge on any atom is 0.170 e. The summed E-state index contributed by atoms with van der Waals surface area (Å²) in [6.07, 6.45) is 2.26. The van der Waals surface area contributed by atoms with E-state index >= 15 is 0 Å². The van der Waals surface area contributed by atoms with Gasteiger partial charge in [0.2, 0.25) is 0 Å². The van der Waals surface area contributed by atoms with E-state index in [0.717, 1.165) is 36.9 Å². The van der Waals surface area contributed by atoms with Crippen LogP contribution in [0.3, 0.4) is 0 Å². The number of oxime groups is 1. The summed E-state index contributed by atoms with van der Waals surface area (Å²) < 4.78 is 0.981. The molecule has 1 fully saturated rings. The zero-order valence-corrected chi connectivity index (χ0v) is 14.2. The van der Waals surface area contributed by atoms with Crippen molar-refractivity contribution in [3.63, 3.8) is 0 Å². The van der Waals surface area contributed by atoms with Crippen LogP contribution in [0.5, 0.6) is 0 Å². The molecule has 116 valence electrons. The van der Waals surface area contributed by atoms with Crippen molar-refractivity contribution in [1.29, 1.82) is 0 Å². The third-order valence-corrected chi connectivity index (χ3v) is 4.67. The van der Waals surface area contributed by atoms with Crippen LogP contribution >= 0.6 is 15.9 Å². The number of nitrogens with two attached hydrogens (primary N) is 1. The maximum atomic E-state index is 8.78. The molecule has 1 unspecified atom stereocenters. The molecule has 1 aliphatic heterocycles. The number of hydrogen-bond donors (Lipinski definition) is 2. The maximum absolute atomic E-state index is 8.78. The number of halogens is 1. The molecule has 5 nitrogen and oxygen atoms in total. The highest BCUT2D eigenvalue weighted by Crippen LogP contribution is 2.30. The van der Waals surface area contributed by atoms with Gasteiger partial charge in [-0.3, -0.25) is 0 Å². The van der Waals surface area contributed by atoms with Gasteiger partial charge in [0.25, 0.3) is 0 Å². The lowest BCUT2D eigenvalue weighted by molar-refractivity contribution is 0.318. The molecule has 1 atom stereocenters. The normalized spacial score (nSPS) is 21.4. The molecule has 1 aliphatic rings. The standard InChI is InChI=1S/C15H23BrN4O/c1-3-12-10-19(2)7-4-8-20(12)14-6-5-11(9-13(14)16)15(17)18-21/h5-6,9,12,21H,3-4,7-8,10H2,1-2H3,(H2,17,18). The lowest BCUT2D eigenvalue weighted by atomic mass is 10.1. The second kappa shape index (κ2) is 7.13. The minimum atomic E-state index is 0.130. The molecule has 0 bridgehead atoms. The lowest BCUT2D eigenvalue weighted by Crippen LogP contribution is -2.40. The first-order valence-corrected chi connectivity index (χ1v) is 8.08. The van der Waals surface area contributed by atoms with Crippen LogP contribution in [0.25, 0.3) is 0 Å². The highest BCUT2D eigenvalue weighted by molar-refractivity contribution is 9.10. The Morgan fingerprint density at radius 3 is 2.86 bits per heavy atom. The van der Waals surface area contributed by atoms with Crippen LogP contribution in [0.2, 0.25) is 0 Å². The summed E-state index contributed by atoms with van der Waals surface area (Å²) in [6, 6.07) is 6.36. The van der Waals surface area contributed by atoms with E-state index in [4.69, 9.17) is 10.9 Å². The van der Waals surface area contributed by atoms with Crippen LogP contribution in [-0.2, 0) is 0 Å². The van der Waals surface area contributed by atoms with Crippen LogP contribution in [0.15, 0.2) is 27.8 Å². The third kappa shape index (κ3) is 3.68. The number of benzene rings is 1. The van der Waals surface area contributed by atoms with E-state index < -0.39 is 0 Å². The minimum Gasteiger partial charge on any atom is -0.409 e. The predicted molar refractivity (Wildman–Crippen MR) is 90.2 cm³/mol. The Balaban J connectivity index is 2.31. The molecule has 3 N–H and O–H groups in total. The fourth-order valence-electron chi connectivity index (χ4n) is 2.87. The van der Waals surface area contributed by atoms with Gasteiger partial charge < -0.3 is 20.7 Å². The monoisotopic (exact) mass is 354 g/mol. The van der Waals surface area contributed by atoms with Crippen molar-refractivity contribution in [3.05, 3.63) is 28.2 Å². The number of anilines is 1. The molecular formula is C15H23BrN4O. The lowest BCUT2D eigenvalue weighted by Gasteiger charge is -2.33. The van der Waals surface area contributed by atoms with Crippen molar-refractivity contribution < 1.29 is 5.21 Å². The molecule has 0 saturated carbocycles. The van der Waals surface area contributed by atoms with Gasteiger partial charge in [-0.25, -0.2) is 0 Å². The fourth-order valence-corrected chi connectivity index (χ4v) is 3.47. The number of nitrogens with zero attached hydrogens (tertiary/aromatic N) is 3. The molecule has 0 amide bonds. The molecule has 0 aliphatic carbocycles. The summed E-state index contributed by atoms with van der Waals surface area (Å²) in [5.41, 5.74) is 7.54. The Labute approximate surface area is 134 Å². The Bertz CT molecular complexity index is 520. The van der Waals surface area contributed by atoms with Crippen LogP contribution in [-0.4, -0.2) is 48.7 Å². The Morgan fingerprint density at radius 2 is 2.24 bits per heavy atom. The summed E-state index contributed by atoms with van der Waals surface area (Å²) in [5.74, 6) is 0.130. The summed E-state index contributed by atoms with van der Waals surface area (Å²) in [4.78, 5) is 4.86. The molecule has 1 heterocycles. The van der Waals surface area contributed by atoms with E-state index in [1.807, 2.05) is 18.2 Å². The van der Waals surface area contributed by atoms with Crippen molar-refractivity contribution in [2.45, 2.75) is 25.8 Å². The Morgan fingerprint density at radius 1 is 1.48 bits per heavy atom. The Hall–Kier alpha value is -1.27. The SMILES string of the molecule is CCC1CN(C)CCCN1c1ccc(/C(N)=N/O)cc1Br. The van der Waals surface area contributed by atoms with E-state index in [0.29, 0.717) is 11.6 Å². The van der Waals surface area contributed by atoms with Gasteiger partial charge in [0.05, 0.1) is 5.69 Å². The van der Waals surface area contributed by atoms with Crippen LogP contribution in [0.4, 0.5) is 5.69 Å². The van der Waals surface area contributed by atoms with Gasteiger partial charge in [-0.1, -0.05) is 12.1 Å². The minimum absolute atomic E-state index is 0.130. The van der Waals surface area contributed by atoms with Gasteiger partial charge in [0.1, 0.15) is 0 Å². The molecule has 1 saturated heterocycles. The second-order valence-corrected chi connectivity index (χ2v) is 6.38. The van der Waals surface area contributed by atoms with Crippen LogP contribution < -0.4 is 10.6 Å². The quantitative estimate of drug-likeness (QED) is 0.378.